The van der Waals surface area contributed by atoms with Crippen molar-refractivity contribution < 1.29 is 8.76 Å². The molecule has 1 unspecified atom stereocenters. The zero-order valence-corrected chi connectivity index (χ0v) is 6.65. The Morgan fingerprint density at radius 3 is 2.90 bits per heavy atom. The monoisotopic (exact) mass is 159 g/mol. The second kappa shape index (κ2) is 3.88. The van der Waals surface area contributed by atoms with Crippen molar-refractivity contribution >= 4 is 11.1 Å². The van der Waals surface area contributed by atoms with Crippen LogP contribution in [0.15, 0.2) is 11.0 Å². The Balaban J connectivity index is 2.54. The van der Waals surface area contributed by atoms with Crippen LogP contribution in [0.1, 0.15) is 32.1 Å². The van der Waals surface area contributed by atoms with Crippen molar-refractivity contribution in [1.82, 2.24) is 0 Å². The molecule has 0 amide bonds. The molecular weight excluding hydrogens is 148 g/mol. The van der Waals surface area contributed by atoms with Crippen LogP contribution in [0.4, 0.5) is 0 Å². The molecule has 0 fully saturated rings. The summed E-state index contributed by atoms with van der Waals surface area (Å²) in [6, 6.07) is 0. The smallest absolute Gasteiger partial charge is 0.00159 e. The third-order valence-electron chi connectivity index (χ3n) is 1.71. The third kappa shape index (κ3) is 2.23. The van der Waals surface area contributed by atoms with Crippen LogP contribution in [0.3, 0.4) is 0 Å². The lowest BCUT2D eigenvalue weighted by Gasteiger charge is -2.06. The molecular formula is C7H11O2S-. The molecule has 0 heterocycles. The fraction of sp³-hybridized carbons (Fsp3) is 0.714. The molecule has 1 aliphatic rings. The van der Waals surface area contributed by atoms with Gasteiger partial charge in [-0.3, -0.25) is 4.21 Å². The van der Waals surface area contributed by atoms with Crippen LogP contribution < -0.4 is 0 Å². The molecule has 0 aromatic heterocycles. The highest BCUT2D eigenvalue weighted by molar-refractivity contribution is 7.83. The van der Waals surface area contributed by atoms with Gasteiger partial charge in [0, 0.05) is 0 Å². The highest BCUT2D eigenvalue weighted by atomic mass is 32.2. The summed E-state index contributed by atoms with van der Waals surface area (Å²) in [5.74, 6) is 0. The van der Waals surface area contributed by atoms with Gasteiger partial charge < -0.3 is 4.55 Å². The maximum absolute atomic E-state index is 10.4. The largest absolute Gasteiger partial charge is 0.769 e. The molecule has 0 aromatic carbocycles. The van der Waals surface area contributed by atoms with Gasteiger partial charge in [0.1, 0.15) is 0 Å². The summed E-state index contributed by atoms with van der Waals surface area (Å²) in [5.41, 5.74) is 0. The number of rotatable bonds is 1. The molecule has 0 saturated carbocycles. The first-order chi connectivity index (χ1) is 4.80. The van der Waals surface area contributed by atoms with Gasteiger partial charge >= 0.3 is 0 Å². The second-order valence-electron chi connectivity index (χ2n) is 2.50. The Morgan fingerprint density at radius 2 is 2.20 bits per heavy atom. The van der Waals surface area contributed by atoms with Crippen LogP contribution in [0, 0.1) is 0 Å². The van der Waals surface area contributed by atoms with Gasteiger partial charge in [-0.2, -0.15) is 0 Å². The van der Waals surface area contributed by atoms with Crippen molar-refractivity contribution in [1.29, 1.82) is 0 Å². The van der Waals surface area contributed by atoms with Crippen LogP contribution >= 0.6 is 0 Å². The second-order valence-corrected chi connectivity index (χ2v) is 3.50. The van der Waals surface area contributed by atoms with Crippen LogP contribution in [0.2, 0.25) is 0 Å². The minimum Gasteiger partial charge on any atom is -0.769 e. The molecule has 0 saturated heterocycles. The van der Waals surface area contributed by atoms with E-state index in [1.807, 2.05) is 6.08 Å². The van der Waals surface area contributed by atoms with Crippen molar-refractivity contribution in [3.63, 3.8) is 0 Å². The Bertz CT molecular complexity index is 163. The molecule has 58 valence electrons. The number of hydrogen-bond acceptors (Lipinski definition) is 2. The van der Waals surface area contributed by atoms with Crippen LogP contribution in [-0.4, -0.2) is 8.76 Å². The van der Waals surface area contributed by atoms with Gasteiger partial charge in [-0.15, -0.1) is 0 Å². The zero-order valence-electron chi connectivity index (χ0n) is 5.84. The summed E-state index contributed by atoms with van der Waals surface area (Å²) in [6.07, 6.45) is 6.85. The van der Waals surface area contributed by atoms with E-state index in [0.717, 1.165) is 32.1 Å². The molecule has 1 atom stereocenters. The van der Waals surface area contributed by atoms with Crippen LogP contribution in [-0.2, 0) is 11.1 Å². The Morgan fingerprint density at radius 1 is 1.40 bits per heavy atom. The van der Waals surface area contributed by atoms with E-state index in [2.05, 4.69) is 0 Å². The van der Waals surface area contributed by atoms with E-state index in [0.29, 0.717) is 4.91 Å². The molecule has 0 aromatic rings. The van der Waals surface area contributed by atoms with E-state index in [-0.39, 0.29) is 0 Å². The van der Waals surface area contributed by atoms with Crippen LogP contribution in [0.5, 0.6) is 0 Å². The molecule has 1 rings (SSSR count). The predicted molar refractivity (Wildman–Crippen MR) is 40.1 cm³/mol. The highest BCUT2D eigenvalue weighted by Crippen LogP contribution is 2.18. The molecule has 10 heavy (non-hydrogen) atoms. The summed E-state index contributed by atoms with van der Waals surface area (Å²) < 4.78 is 20.9. The molecule has 0 N–H and O–H groups in total. The van der Waals surface area contributed by atoms with E-state index < -0.39 is 11.1 Å². The normalized spacial score (nSPS) is 23.1. The minimum atomic E-state index is -1.95. The molecule has 0 radical (unpaired) electrons. The van der Waals surface area contributed by atoms with Gasteiger partial charge in [0.15, 0.2) is 0 Å². The van der Waals surface area contributed by atoms with E-state index in [1.54, 1.807) is 0 Å². The van der Waals surface area contributed by atoms with Gasteiger partial charge in [0.05, 0.1) is 0 Å². The van der Waals surface area contributed by atoms with Crippen molar-refractivity contribution in [2.75, 3.05) is 0 Å². The lowest BCUT2D eigenvalue weighted by Crippen LogP contribution is -1.91. The van der Waals surface area contributed by atoms with Crippen LogP contribution in [0.25, 0.3) is 0 Å². The average Bonchev–Trinajstić information content (AvgIpc) is 2.12. The maximum Gasteiger partial charge on any atom is -0.00159 e. The minimum absolute atomic E-state index is 0.609. The van der Waals surface area contributed by atoms with Gasteiger partial charge in [-0.25, -0.2) is 0 Å². The van der Waals surface area contributed by atoms with E-state index in [4.69, 9.17) is 0 Å². The summed E-state index contributed by atoms with van der Waals surface area (Å²) in [6.45, 7) is 0. The van der Waals surface area contributed by atoms with Gasteiger partial charge in [0.2, 0.25) is 0 Å². The molecule has 0 aliphatic heterocycles. The maximum atomic E-state index is 10.4. The Hall–Kier alpha value is -0.150. The number of allylic oxidation sites excluding steroid dienone is 2. The molecule has 1 aliphatic carbocycles. The first-order valence-electron chi connectivity index (χ1n) is 3.59. The van der Waals surface area contributed by atoms with Gasteiger partial charge in [-0.05, 0) is 41.7 Å². The molecule has 0 bridgehead atoms. The fourth-order valence-corrected chi connectivity index (χ4v) is 1.70. The van der Waals surface area contributed by atoms with Crippen molar-refractivity contribution in [2.45, 2.75) is 32.1 Å². The lowest BCUT2D eigenvalue weighted by atomic mass is 10.2. The van der Waals surface area contributed by atoms with Gasteiger partial charge in [0.25, 0.3) is 0 Å². The van der Waals surface area contributed by atoms with E-state index in [9.17, 15) is 8.76 Å². The average molecular weight is 159 g/mol. The van der Waals surface area contributed by atoms with E-state index >= 15 is 0 Å². The van der Waals surface area contributed by atoms with Crippen molar-refractivity contribution in [3.05, 3.63) is 11.0 Å². The summed E-state index contributed by atoms with van der Waals surface area (Å²) in [4.78, 5) is 0.609. The predicted octanol–water partition coefficient (Wildman–Crippen LogP) is 1.71. The first kappa shape index (κ1) is 7.95. The SMILES string of the molecule is O=S([O-])C1=CCCCCC1. The topological polar surface area (TPSA) is 40.1 Å². The quantitative estimate of drug-likeness (QED) is 0.546. The Kier molecular flexibility index (Phi) is 3.09. The summed E-state index contributed by atoms with van der Waals surface area (Å²) in [5, 5.41) is 0. The summed E-state index contributed by atoms with van der Waals surface area (Å²) >= 11 is -1.95. The van der Waals surface area contributed by atoms with Crippen molar-refractivity contribution in [2.24, 2.45) is 0 Å². The highest BCUT2D eigenvalue weighted by Gasteiger charge is 2.01. The Labute approximate surface area is 63.6 Å². The van der Waals surface area contributed by atoms with Gasteiger partial charge in [-0.1, -0.05) is 12.5 Å². The van der Waals surface area contributed by atoms with E-state index in [1.165, 1.54) is 0 Å². The molecule has 2 nitrogen and oxygen atoms in total. The molecule has 0 spiro atoms. The third-order valence-corrected chi connectivity index (χ3v) is 2.51. The molecule has 3 heteroatoms. The number of hydrogen-bond donors (Lipinski definition) is 0. The zero-order chi connectivity index (χ0) is 7.40. The first-order valence-corrected chi connectivity index (χ1v) is 4.66. The van der Waals surface area contributed by atoms with Crippen molar-refractivity contribution in [3.8, 4) is 0 Å². The summed E-state index contributed by atoms with van der Waals surface area (Å²) in [7, 11) is 0. The lowest BCUT2D eigenvalue weighted by molar-refractivity contribution is 0.541. The fourth-order valence-electron chi connectivity index (χ4n) is 1.14. The standard InChI is InChI=1S/C7H12O2S/c8-10(9)7-5-3-1-2-4-6-7/h5H,1-4,6H2,(H,8,9)/p-1.